The lowest BCUT2D eigenvalue weighted by Gasteiger charge is -2.22. The number of phosphoric ester groups is 2. The summed E-state index contributed by atoms with van der Waals surface area (Å²) < 4.78 is 46.4. The smallest absolute Gasteiger partial charge is 0.404 e. The zero-order valence-corrected chi connectivity index (χ0v) is 18.5. The van der Waals surface area contributed by atoms with E-state index in [1.165, 1.54) is 24.3 Å². The highest BCUT2D eigenvalue weighted by molar-refractivity contribution is 7.48. The lowest BCUT2D eigenvalue weighted by molar-refractivity contribution is 0.105. The summed E-state index contributed by atoms with van der Waals surface area (Å²) in [6, 6.07) is 5.76. The number of hydrogen-bond donors (Lipinski definition) is 2. The Hall–Kier alpha value is -0.880. The van der Waals surface area contributed by atoms with E-state index >= 15 is 0 Å². The van der Waals surface area contributed by atoms with E-state index < -0.39 is 15.6 Å². The normalized spacial score (nSPS) is 25.7. The Morgan fingerprint density at radius 3 is 1.33 bits per heavy atom. The molecule has 0 amide bonds. The van der Waals surface area contributed by atoms with Gasteiger partial charge in [-0.25, -0.2) is 9.13 Å². The van der Waals surface area contributed by atoms with E-state index in [2.05, 4.69) is 0 Å². The summed E-state index contributed by atoms with van der Waals surface area (Å²) in [6.45, 7) is 0. The molecule has 2 unspecified atom stereocenters. The predicted octanol–water partition coefficient (Wildman–Crippen LogP) is 5.06. The Morgan fingerprint density at radius 1 is 0.700 bits per heavy atom. The molecule has 1 aromatic carbocycles. The monoisotopic (exact) mass is 458 g/mol. The van der Waals surface area contributed by atoms with E-state index in [0.717, 1.165) is 51.4 Å². The Bertz CT molecular complexity index is 784. The zero-order valence-electron chi connectivity index (χ0n) is 16.7. The summed E-state index contributed by atoms with van der Waals surface area (Å²) in [7, 11) is -8.64. The van der Waals surface area contributed by atoms with Crippen molar-refractivity contribution < 1.29 is 37.0 Å². The zero-order chi connectivity index (χ0) is 20.9. The molecule has 0 spiro atoms. The molecule has 166 valence electrons. The van der Waals surface area contributed by atoms with Crippen LogP contribution in [0.15, 0.2) is 24.3 Å². The minimum Gasteiger partial charge on any atom is -0.404 e. The molecule has 10 heteroatoms. The van der Waals surface area contributed by atoms with E-state index in [1.807, 2.05) is 0 Å². The van der Waals surface area contributed by atoms with Crippen molar-refractivity contribution in [2.45, 2.75) is 63.6 Å². The van der Waals surface area contributed by atoms with Gasteiger partial charge >= 0.3 is 15.6 Å². The van der Waals surface area contributed by atoms with Crippen LogP contribution in [0, 0.1) is 23.7 Å². The molecule has 2 atom stereocenters. The van der Waals surface area contributed by atoms with Crippen molar-refractivity contribution in [1.29, 1.82) is 0 Å². The summed E-state index contributed by atoms with van der Waals surface area (Å²) in [5, 5.41) is 0. The maximum atomic E-state index is 12.5. The largest absolute Gasteiger partial charge is 0.527 e. The Balaban J connectivity index is 1.21. The molecule has 0 radical (unpaired) electrons. The molecule has 4 aliphatic carbocycles. The summed E-state index contributed by atoms with van der Waals surface area (Å²) in [6.07, 6.45) is 7.62. The number of hydrogen-bond acceptors (Lipinski definition) is 6. The van der Waals surface area contributed by atoms with Gasteiger partial charge in [-0.2, -0.15) is 0 Å². The van der Waals surface area contributed by atoms with Gasteiger partial charge in [0.05, 0.1) is 12.2 Å². The van der Waals surface area contributed by atoms with Crippen LogP contribution in [-0.4, -0.2) is 22.0 Å². The first-order valence-corrected chi connectivity index (χ1v) is 13.8. The minimum absolute atomic E-state index is 0.0320. The van der Waals surface area contributed by atoms with Crippen LogP contribution in [0.4, 0.5) is 0 Å². The fourth-order valence-corrected chi connectivity index (χ4v) is 6.17. The average Bonchev–Trinajstić information content (AvgIpc) is 3.55. The molecular formula is C20H28O8P2. The topological polar surface area (TPSA) is 112 Å². The second-order valence-corrected chi connectivity index (χ2v) is 11.7. The summed E-state index contributed by atoms with van der Waals surface area (Å²) in [5.41, 5.74) is 0. The maximum Gasteiger partial charge on any atom is 0.527 e. The Labute approximate surface area is 176 Å². The molecule has 4 aliphatic rings. The van der Waals surface area contributed by atoms with Crippen LogP contribution in [0.2, 0.25) is 0 Å². The van der Waals surface area contributed by atoms with Crippen molar-refractivity contribution >= 4 is 15.6 Å². The second kappa shape index (κ2) is 7.91. The Kier molecular flexibility index (Phi) is 5.54. The SMILES string of the molecule is O=P(O)(Oc1cccc(OP(=O)(O)OC(C2CC2)C2CC2)c1)OC(C1CC1)C1CC1. The van der Waals surface area contributed by atoms with E-state index in [0.29, 0.717) is 23.7 Å². The van der Waals surface area contributed by atoms with E-state index in [9.17, 15) is 18.9 Å². The number of benzene rings is 1. The van der Waals surface area contributed by atoms with Gasteiger partial charge in [0.2, 0.25) is 0 Å². The first-order chi connectivity index (χ1) is 14.3. The van der Waals surface area contributed by atoms with Gasteiger partial charge in [0.1, 0.15) is 11.5 Å². The molecule has 5 rings (SSSR count). The summed E-state index contributed by atoms with van der Waals surface area (Å²) in [5.74, 6) is 1.40. The minimum atomic E-state index is -4.32. The molecule has 0 heterocycles. The van der Waals surface area contributed by atoms with Gasteiger partial charge in [-0.1, -0.05) is 6.07 Å². The van der Waals surface area contributed by atoms with Gasteiger partial charge in [0.25, 0.3) is 0 Å². The van der Waals surface area contributed by atoms with Gasteiger partial charge in [-0.3, -0.25) is 18.8 Å². The molecule has 4 fully saturated rings. The van der Waals surface area contributed by atoms with Gasteiger partial charge in [-0.15, -0.1) is 0 Å². The van der Waals surface area contributed by atoms with Crippen molar-refractivity contribution in [2.24, 2.45) is 23.7 Å². The lowest BCUT2D eigenvalue weighted by Crippen LogP contribution is -2.18. The van der Waals surface area contributed by atoms with Crippen LogP contribution in [-0.2, 0) is 18.2 Å². The van der Waals surface area contributed by atoms with Crippen molar-refractivity contribution in [3.63, 3.8) is 0 Å². The van der Waals surface area contributed by atoms with Crippen LogP contribution in [0.3, 0.4) is 0 Å². The lowest BCUT2D eigenvalue weighted by atomic mass is 10.1. The van der Waals surface area contributed by atoms with Crippen LogP contribution in [0.1, 0.15) is 51.4 Å². The first kappa shape index (κ1) is 21.0. The third-order valence-electron chi connectivity index (χ3n) is 6.10. The molecular weight excluding hydrogens is 430 g/mol. The maximum absolute atomic E-state index is 12.5. The van der Waals surface area contributed by atoms with Gasteiger partial charge in [0.15, 0.2) is 0 Å². The van der Waals surface area contributed by atoms with Gasteiger partial charge in [-0.05, 0) is 87.2 Å². The Morgan fingerprint density at radius 2 is 1.03 bits per heavy atom. The highest BCUT2D eigenvalue weighted by Gasteiger charge is 2.47. The third-order valence-corrected chi connectivity index (χ3v) is 8.01. The fraction of sp³-hybridized carbons (Fsp3) is 0.700. The highest BCUT2D eigenvalue weighted by atomic mass is 31.2. The molecule has 1 aromatic rings. The third kappa shape index (κ3) is 5.67. The summed E-state index contributed by atoms with van der Waals surface area (Å²) >= 11 is 0. The molecule has 0 bridgehead atoms. The van der Waals surface area contributed by atoms with Crippen molar-refractivity contribution in [1.82, 2.24) is 0 Å². The second-order valence-electron chi connectivity index (χ2n) is 9.08. The quantitative estimate of drug-likeness (QED) is 0.419. The number of rotatable bonds is 12. The fourth-order valence-electron chi connectivity index (χ4n) is 4.02. The van der Waals surface area contributed by atoms with Crippen molar-refractivity contribution in [2.75, 3.05) is 0 Å². The molecule has 4 saturated carbocycles. The number of phosphoric acid groups is 2. The van der Waals surface area contributed by atoms with Crippen LogP contribution in [0.5, 0.6) is 11.5 Å². The molecule has 0 aromatic heterocycles. The van der Waals surface area contributed by atoms with Gasteiger partial charge in [0, 0.05) is 6.07 Å². The standard InChI is InChI=1S/C20H28O8P2/c21-29(22,27-19(13-4-5-13)14-6-7-14)25-17-2-1-3-18(12-17)26-30(23,24)28-20(15-8-9-15)16-10-11-16/h1-3,12-16,19-20H,4-11H2,(H,21,22)(H,23,24). The van der Waals surface area contributed by atoms with Gasteiger partial charge < -0.3 is 9.05 Å². The van der Waals surface area contributed by atoms with E-state index in [-0.39, 0.29) is 23.7 Å². The van der Waals surface area contributed by atoms with Crippen molar-refractivity contribution in [3.05, 3.63) is 24.3 Å². The van der Waals surface area contributed by atoms with Crippen LogP contribution >= 0.6 is 15.6 Å². The van der Waals surface area contributed by atoms with E-state index in [4.69, 9.17) is 18.1 Å². The average molecular weight is 458 g/mol. The molecule has 2 N–H and O–H groups in total. The molecule has 0 saturated heterocycles. The predicted molar refractivity (Wildman–Crippen MR) is 108 cm³/mol. The summed E-state index contributed by atoms with van der Waals surface area (Å²) in [4.78, 5) is 20.4. The van der Waals surface area contributed by atoms with Crippen LogP contribution in [0.25, 0.3) is 0 Å². The molecule has 30 heavy (non-hydrogen) atoms. The van der Waals surface area contributed by atoms with E-state index in [1.54, 1.807) is 0 Å². The van der Waals surface area contributed by atoms with Crippen molar-refractivity contribution in [3.8, 4) is 11.5 Å². The first-order valence-electron chi connectivity index (χ1n) is 10.8. The molecule has 8 nitrogen and oxygen atoms in total. The highest BCUT2D eigenvalue weighted by Crippen LogP contribution is 2.56. The van der Waals surface area contributed by atoms with Crippen LogP contribution < -0.4 is 9.05 Å². The molecule has 0 aliphatic heterocycles.